The van der Waals surface area contributed by atoms with Crippen LogP contribution in [0.15, 0.2) is 29.2 Å². The van der Waals surface area contributed by atoms with Crippen LogP contribution in [-0.4, -0.2) is 20.2 Å². The predicted octanol–water partition coefficient (Wildman–Crippen LogP) is 3.72. The van der Waals surface area contributed by atoms with Crippen molar-refractivity contribution in [3.05, 3.63) is 24.3 Å². The maximum Gasteiger partial charge on any atom is 0.180 e. The lowest BCUT2D eigenvalue weighted by Crippen LogP contribution is -2.26. The lowest BCUT2D eigenvalue weighted by Gasteiger charge is -2.24. The minimum atomic E-state index is -3.18. The van der Waals surface area contributed by atoms with Gasteiger partial charge in [-0.05, 0) is 25.0 Å². The number of para-hydroxylation sites is 1. The third kappa shape index (κ3) is 3.96. The van der Waals surface area contributed by atoms with Gasteiger partial charge in [0.25, 0.3) is 0 Å². The Bertz CT molecular complexity index is 493. The molecular formula is C15H25NO2S. The Balaban J connectivity index is 3.03. The van der Waals surface area contributed by atoms with Crippen LogP contribution in [0.3, 0.4) is 0 Å². The van der Waals surface area contributed by atoms with Crippen molar-refractivity contribution in [2.45, 2.75) is 51.5 Å². The van der Waals surface area contributed by atoms with Crippen LogP contribution in [0.1, 0.15) is 40.5 Å². The average molecular weight is 283 g/mol. The topological polar surface area (TPSA) is 46.2 Å². The first-order chi connectivity index (χ1) is 8.96. The van der Waals surface area contributed by atoms with E-state index in [2.05, 4.69) is 26.1 Å². The van der Waals surface area contributed by atoms with Crippen LogP contribution in [0.5, 0.6) is 0 Å². The van der Waals surface area contributed by atoms with Gasteiger partial charge in [-0.25, -0.2) is 8.42 Å². The summed E-state index contributed by atoms with van der Waals surface area (Å²) >= 11 is 0. The molecule has 0 radical (unpaired) electrons. The second kappa shape index (κ2) is 6.94. The first-order valence-electron chi connectivity index (χ1n) is 7.04. The van der Waals surface area contributed by atoms with Crippen LogP contribution >= 0.6 is 0 Å². The maximum atomic E-state index is 12.1. The summed E-state index contributed by atoms with van der Waals surface area (Å²) in [7, 11) is -3.18. The highest BCUT2D eigenvalue weighted by molar-refractivity contribution is 7.91. The molecule has 3 nitrogen and oxygen atoms in total. The first kappa shape index (κ1) is 16.0. The second-order valence-electron chi connectivity index (χ2n) is 4.91. The average Bonchev–Trinajstić information content (AvgIpc) is 2.40. The van der Waals surface area contributed by atoms with E-state index in [9.17, 15) is 8.42 Å². The highest BCUT2D eigenvalue weighted by Gasteiger charge is 2.19. The fourth-order valence-electron chi connectivity index (χ4n) is 2.37. The molecule has 0 spiro atoms. The lowest BCUT2D eigenvalue weighted by atomic mass is 9.95. The second-order valence-corrected chi connectivity index (χ2v) is 7.16. The fourth-order valence-corrected chi connectivity index (χ4v) is 3.43. The molecule has 0 aromatic heterocycles. The zero-order valence-corrected chi connectivity index (χ0v) is 13.1. The number of sulfone groups is 1. The Kier molecular flexibility index (Phi) is 5.85. The molecule has 1 rings (SSSR count). The normalized spacial score (nSPS) is 13.5. The molecule has 0 saturated heterocycles. The van der Waals surface area contributed by atoms with Crippen molar-refractivity contribution in [1.82, 2.24) is 0 Å². The summed E-state index contributed by atoms with van der Waals surface area (Å²) in [6, 6.07) is 7.44. The van der Waals surface area contributed by atoms with E-state index >= 15 is 0 Å². The number of hydrogen-bond acceptors (Lipinski definition) is 3. The molecule has 1 aromatic rings. The molecule has 1 N–H and O–H groups in total. The summed E-state index contributed by atoms with van der Waals surface area (Å²) in [5, 5.41) is 3.37. The molecule has 0 fully saturated rings. The van der Waals surface area contributed by atoms with Crippen LogP contribution < -0.4 is 5.32 Å². The Morgan fingerprint density at radius 2 is 1.68 bits per heavy atom. The van der Waals surface area contributed by atoms with Gasteiger partial charge < -0.3 is 5.32 Å². The van der Waals surface area contributed by atoms with E-state index in [1.807, 2.05) is 12.1 Å². The Morgan fingerprint density at radius 3 is 2.21 bits per heavy atom. The monoisotopic (exact) mass is 283 g/mol. The number of hydrogen-bond donors (Lipinski definition) is 1. The Labute approximate surface area is 117 Å². The quantitative estimate of drug-likeness (QED) is 0.829. The summed E-state index contributed by atoms with van der Waals surface area (Å²) in [4.78, 5) is 0.412. The van der Waals surface area contributed by atoms with Crippen LogP contribution in [0.25, 0.3) is 0 Å². The van der Waals surface area contributed by atoms with Crippen molar-refractivity contribution < 1.29 is 8.42 Å². The molecule has 0 aliphatic heterocycles. The van der Waals surface area contributed by atoms with Crippen molar-refractivity contribution in [3.8, 4) is 0 Å². The highest BCUT2D eigenvalue weighted by Crippen LogP contribution is 2.25. The molecule has 0 saturated carbocycles. The predicted molar refractivity (Wildman–Crippen MR) is 81.3 cm³/mol. The van der Waals surface area contributed by atoms with E-state index in [1.165, 1.54) is 0 Å². The van der Waals surface area contributed by atoms with E-state index in [4.69, 9.17) is 0 Å². The van der Waals surface area contributed by atoms with E-state index < -0.39 is 9.84 Å². The summed E-state index contributed by atoms with van der Waals surface area (Å²) in [6.45, 7) is 8.13. The van der Waals surface area contributed by atoms with Crippen molar-refractivity contribution in [1.29, 1.82) is 0 Å². The van der Waals surface area contributed by atoms with Crippen molar-refractivity contribution in [2.24, 2.45) is 5.92 Å². The molecule has 0 amide bonds. The van der Waals surface area contributed by atoms with Crippen molar-refractivity contribution in [3.63, 3.8) is 0 Å². The lowest BCUT2D eigenvalue weighted by molar-refractivity contribution is 0.437. The van der Waals surface area contributed by atoms with Gasteiger partial charge in [-0.15, -0.1) is 0 Å². The first-order valence-corrected chi connectivity index (χ1v) is 8.69. The van der Waals surface area contributed by atoms with E-state index in [0.717, 1.165) is 18.5 Å². The largest absolute Gasteiger partial charge is 0.381 e. The minimum absolute atomic E-state index is 0.130. The molecule has 1 unspecified atom stereocenters. The fraction of sp³-hybridized carbons (Fsp3) is 0.600. The molecule has 0 bridgehead atoms. The molecule has 19 heavy (non-hydrogen) atoms. The molecule has 1 aromatic carbocycles. The molecule has 1 atom stereocenters. The molecular weight excluding hydrogens is 258 g/mol. The van der Waals surface area contributed by atoms with Gasteiger partial charge in [-0.3, -0.25) is 0 Å². The standard InChI is InChI=1S/C15H25NO2S/c1-5-13(6-2)12(4)16-14-10-8-9-11-15(14)19(17,18)7-3/h8-13,16H,5-7H2,1-4H3. The van der Waals surface area contributed by atoms with Crippen LogP contribution in [0.4, 0.5) is 5.69 Å². The summed E-state index contributed by atoms with van der Waals surface area (Å²) in [5.41, 5.74) is 0.726. The van der Waals surface area contributed by atoms with Gasteiger partial charge >= 0.3 is 0 Å². The summed E-state index contributed by atoms with van der Waals surface area (Å²) < 4.78 is 24.1. The van der Waals surface area contributed by atoms with Crippen LogP contribution in [0.2, 0.25) is 0 Å². The number of nitrogens with one attached hydrogen (secondary N) is 1. The zero-order valence-electron chi connectivity index (χ0n) is 12.3. The zero-order chi connectivity index (χ0) is 14.5. The van der Waals surface area contributed by atoms with Gasteiger partial charge in [-0.2, -0.15) is 0 Å². The Morgan fingerprint density at radius 1 is 1.11 bits per heavy atom. The van der Waals surface area contributed by atoms with Crippen molar-refractivity contribution >= 4 is 15.5 Å². The van der Waals surface area contributed by atoms with Crippen LogP contribution in [0, 0.1) is 5.92 Å². The summed E-state index contributed by atoms with van der Waals surface area (Å²) in [6.07, 6.45) is 2.18. The molecule has 4 heteroatoms. The van der Waals surface area contributed by atoms with E-state index in [1.54, 1.807) is 19.1 Å². The third-order valence-corrected chi connectivity index (χ3v) is 5.53. The van der Waals surface area contributed by atoms with Gasteiger partial charge in [0.1, 0.15) is 0 Å². The van der Waals surface area contributed by atoms with Gasteiger partial charge in [-0.1, -0.05) is 45.7 Å². The smallest absolute Gasteiger partial charge is 0.180 e. The molecule has 0 aliphatic rings. The van der Waals surface area contributed by atoms with Gasteiger partial charge in [0.15, 0.2) is 9.84 Å². The highest BCUT2D eigenvalue weighted by atomic mass is 32.2. The minimum Gasteiger partial charge on any atom is -0.381 e. The van der Waals surface area contributed by atoms with Gasteiger partial charge in [0.05, 0.1) is 16.3 Å². The number of rotatable bonds is 7. The number of anilines is 1. The SMILES string of the molecule is CCC(CC)C(C)Nc1ccccc1S(=O)(=O)CC. The van der Waals surface area contributed by atoms with E-state index in [-0.39, 0.29) is 11.8 Å². The third-order valence-electron chi connectivity index (χ3n) is 3.74. The van der Waals surface area contributed by atoms with Crippen LogP contribution in [-0.2, 0) is 9.84 Å². The number of benzene rings is 1. The van der Waals surface area contributed by atoms with E-state index in [0.29, 0.717) is 10.8 Å². The van der Waals surface area contributed by atoms with Gasteiger partial charge in [0.2, 0.25) is 0 Å². The van der Waals surface area contributed by atoms with Crippen molar-refractivity contribution in [2.75, 3.05) is 11.1 Å². The summed E-state index contributed by atoms with van der Waals surface area (Å²) in [5.74, 6) is 0.683. The molecule has 0 aliphatic carbocycles. The molecule has 0 heterocycles. The Hall–Kier alpha value is -1.03. The van der Waals surface area contributed by atoms with Gasteiger partial charge in [0, 0.05) is 6.04 Å². The molecule has 108 valence electrons. The maximum absolute atomic E-state index is 12.1.